The molecule has 0 saturated heterocycles. The molecular formula is C15H17F2NS. The average Bonchev–Trinajstić information content (AvgIpc) is 2.86. The third-order valence-corrected chi connectivity index (χ3v) is 4.32. The van der Waals surface area contributed by atoms with E-state index in [1.807, 2.05) is 6.07 Å². The van der Waals surface area contributed by atoms with Crippen LogP contribution in [0.15, 0.2) is 35.7 Å². The number of hydrogen-bond acceptors (Lipinski definition) is 2. The molecule has 2 aromatic rings. The first-order chi connectivity index (χ1) is 8.99. The second-order valence-electron chi connectivity index (χ2n) is 5.20. The summed E-state index contributed by atoms with van der Waals surface area (Å²) < 4.78 is 26.3. The van der Waals surface area contributed by atoms with Gasteiger partial charge >= 0.3 is 0 Å². The Balaban J connectivity index is 1.93. The van der Waals surface area contributed by atoms with Crippen LogP contribution in [0.3, 0.4) is 0 Å². The summed E-state index contributed by atoms with van der Waals surface area (Å²) in [4.78, 5) is 1.29. The van der Waals surface area contributed by atoms with Crippen molar-refractivity contribution in [1.29, 1.82) is 0 Å². The first kappa shape index (κ1) is 14.2. The molecule has 2 rings (SSSR count). The first-order valence-corrected chi connectivity index (χ1v) is 7.06. The monoisotopic (exact) mass is 281 g/mol. The van der Waals surface area contributed by atoms with Crippen LogP contribution in [0.4, 0.5) is 8.78 Å². The molecule has 0 aliphatic carbocycles. The minimum absolute atomic E-state index is 0.00464. The highest BCUT2D eigenvalue weighted by molar-refractivity contribution is 7.10. The summed E-state index contributed by atoms with van der Waals surface area (Å²) in [5.74, 6) is -1.04. The van der Waals surface area contributed by atoms with E-state index in [2.05, 4.69) is 30.6 Å². The summed E-state index contributed by atoms with van der Waals surface area (Å²) >= 11 is 1.72. The molecule has 1 heterocycles. The van der Waals surface area contributed by atoms with Gasteiger partial charge in [-0.25, -0.2) is 8.78 Å². The van der Waals surface area contributed by atoms with Crippen molar-refractivity contribution in [3.63, 3.8) is 0 Å². The molecule has 1 N–H and O–H groups in total. The van der Waals surface area contributed by atoms with E-state index < -0.39 is 11.6 Å². The van der Waals surface area contributed by atoms with Crippen molar-refractivity contribution in [3.8, 4) is 0 Å². The average molecular weight is 281 g/mol. The van der Waals surface area contributed by atoms with Gasteiger partial charge in [0.05, 0.1) is 0 Å². The van der Waals surface area contributed by atoms with E-state index >= 15 is 0 Å². The van der Waals surface area contributed by atoms with E-state index in [-0.39, 0.29) is 5.41 Å². The molecular weight excluding hydrogens is 264 g/mol. The molecule has 0 saturated carbocycles. The van der Waals surface area contributed by atoms with E-state index in [1.54, 1.807) is 11.3 Å². The Morgan fingerprint density at radius 3 is 2.63 bits per heavy atom. The van der Waals surface area contributed by atoms with Crippen LogP contribution in [-0.4, -0.2) is 6.54 Å². The fourth-order valence-electron chi connectivity index (χ4n) is 1.93. The van der Waals surface area contributed by atoms with Gasteiger partial charge in [-0.15, -0.1) is 11.3 Å². The molecule has 0 aliphatic rings. The van der Waals surface area contributed by atoms with E-state index in [0.717, 1.165) is 12.6 Å². The van der Waals surface area contributed by atoms with Crippen molar-refractivity contribution in [2.75, 3.05) is 6.54 Å². The summed E-state index contributed by atoms with van der Waals surface area (Å²) in [6.07, 6.45) is 0. The Kier molecular flexibility index (Phi) is 4.32. The predicted octanol–water partition coefficient (Wildman–Crippen LogP) is 4.09. The second-order valence-corrected chi connectivity index (χ2v) is 6.15. The Labute approximate surface area is 116 Å². The van der Waals surface area contributed by atoms with E-state index in [4.69, 9.17) is 0 Å². The normalized spacial score (nSPS) is 11.8. The van der Waals surface area contributed by atoms with Crippen LogP contribution >= 0.6 is 11.3 Å². The third kappa shape index (κ3) is 3.61. The Morgan fingerprint density at radius 2 is 2.00 bits per heavy atom. The standard InChI is InChI=1S/C15H17F2NS/c1-15(2,14-4-3-7-19-14)10-18-9-11-5-6-12(16)8-13(11)17/h3-8,18H,9-10H2,1-2H3. The summed E-state index contributed by atoms with van der Waals surface area (Å²) in [6, 6.07) is 7.81. The molecule has 0 aliphatic heterocycles. The van der Waals surface area contributed by atoms with Crippen LogP contribution in [0.25, 0.3) is 0 Å². The lowest BCUT2D eigenvalue weighted by Crippen LogP contribution is -2.32. The van der Waals surface area contributed by atoms with Crippen LogP contribution in [0.1, 0.15) is 24.3 Å². The van der Waals surface area contributed by atoms with Crippen LogP contribution in [0.5, 0.6) is 0 Å². The van der Waals surface area contributed by atoms with Gasteiger partial charge in [-0.3, -0.25) is 0 Å². The van der Waals surface area contributed by atoms with Crippen LogP contribution in [-0.2, 0) is 12.0 Å². The highest BCUT2D eigenvalue weighted by Gasteiger charge is 2.21. The topological polar surface area (TPSA) is 12.0 Å². The molecule has 4 heteroatoms. The van der Waals surface area contributed by atoms with E-state index in [1.165, 1.54) is 17.0 Å². The maximum Gasteiger partial charge on any atom is 0.130 e. The fraction of sp³-hybridized carbons (Fsp3) is 0.333. The van der Waals surface area contributed by atoms with Crippen LogP contribution < -0.4 is 5.32 Å². The highest BCUT2D eigenvalue weighted by Crippen LogP contribution is 2.26. The number of hydrogen-bond donors (Lipinski definition) is 1. The summed E-state index contributed by atoms with van der Waals surface area (Å²) in [7, 11) is 0. The van der Waals surface area contributed by atoms with E-state index in [0.29, 0.717) is 12.1 Å². The Bertz CT molecular complexity index is 535. The number of halogens is 2. The summed E-state index contributed by atoms with van der Waals surface area (Å²) in [5, 5.41) is 5.29. The summed E-state index contributed by atoms with van der Waals surface area (Å²) in [5.41, 5.74) is 0.494. The highest BCUT2D eigenvalue weighted by atomic mass is 32.1. The number of thiophene rings is 1. The minimum atomic E-state index is -0.542. The van der Waals surface area contributed by atoms with Gasteiger partial charge < -0.3 is 5.32 Å². The molecule has 1 aromatic carbocycles. The lowest BCUT2D eigenvalue weighted by atomic mass is 9.91. The van der Waals surface area contributed by atoms with Crippen molar-refractivity contribution in [1.82, 2.24) is 5.32 Å². The Hall–Kier alpha value is -1.26. The molecule has 0 bridgehead atoms. The van der Waals surface area contributed by atoms with Gasteiger partial charge in [0.25, 0.3) is 0 Å². The van der Waals surface area contributed by atoms with Crippen molar-refractivity contribution in [3.05, 3.63) is 57.8 Å². The molecule has 19 heavy (non-hydrogen) atoms. The molecule has 0 fully saturated rings. The zero-order valence-corrected chi connectivity index (χ0v) is 11.9. The first-order valence-electron chi connectivity index (χ1n) is 6.18. The van der Waals surface area contributed by atoms with Crippen molar-refractivity contribution in [2.24, 2.45) is 0 Å². The molecule has 0 atom stereocenters. The SMILES string of the molecule is CC(C)(CNCc1ccc(F)cc1F)c1cccs1. The fourth-order valence-corrected chi connectivity index (χ4v) is 2.78. The van der Waals surface area contributed by atoms with Crippen LogP contribution in [0.2, 0.25) is 0 Å². The lowest BCUT2D eigenvalue weighted by molar-refractivity contribution is 0.470. The third-order valence-electron chi connectivity index (χ3n) is 3.09. The molecule has 0 unspecified atom stereocenters. The van der Waals surface area contributed by atoms with Gasteiger partial charge in [-0.2, -0.15) is 0 Å². The van der Waals surface area contributed by atoms with Crippen molar-refractivity contribution in [2.45, 2.75) is 25.8 Å². The molecule has 102 valence electrons. The molecule has 1 aromatic heterocycles. The predicted molar refractivity (Wildman–Crippen MR) is 75.4 cm³/mol. The number of rotatable bonds is 5. The molecule has 0 spiro atoms. The van der Waals surface area contributed by atoms with Gasteiger partial charge in [0.2, 0.25) is 0 Å². The lowest BCUT2D eigenvalue weighted by Gasteiger charge is -2.23. The van der Waals surface area contributed by atoms with Gasteiger partial charge in [0.1, 0.15) is 11.6 Å². The zero-order valence-electron chi connectivity index (χ0n) is 11.0. The molecule has 0 amide bonds. The summed E-state index contributed by atoms with van der Waals surface area (Å²) in [6.45, 7) is 5.44. The number of benzene rings is 1. The second kappa shape index (κ2) is 5.80. The maximum absolute atomic E-state index is 13.5. The van der Waals surface area contributed by atoms with Gasteiger partial charge in [0.15, 0.2) is 0 Å². The van der Waals surface area contributed by atoms with Gasteiger partial charge in [0, 0.05) is 35.0 Å². The van der Waals surface area contributed by atoms with Crippen LogP contribution in [0, 0.1) is 11.6 Å². The quantitative estimate of drug-likeness (QED) is 0.870. The minimum Gasteiger partial charge on any atom is -0.312 e. The Morgan fingerprint density at radius 1 is 1.21 bits per heavy atom. The van der Waals surface area contributed by atoms with Gasteiger partial charge in [-0.1, -0.05) is 26.0 Å². The number of nitrogens with one attached hydrogen (secondary N) is 1. The van der Waals surface area contributed by atoms with Gasteiger partial charge in [-0.05, 0) is 17.5 Å². The smallest absolute Gasteiger partial charge is 0.130 e. The zero-order chi connectivity index (χ0) is 13.9. The largest absolute Gasteiger partial charge is 0.312 e. The van der Waals surface area contributed by atoms with Crippen molar-refractivity contribution >= 4 is 11.3 Å². The van der Waals surface area contributed by atoms with Crippen molar-refractivity contribution < 1.29 is 8.78 Å². The molecule has 1 nitrogen and oxygen atoms in total. The maximum atomic E-state index is 13.5. The van der Waals surface area contributed by atoms with E-state index in [9.17, 15) is 8.78 Å². The molecule has 0 radical (unpaired) electrons.